The van der Waals surface area contributed by atoms with Crippen LogP contribution in [0, 0.1) is 0 Å². The van der Waals surface area contributed by atoms with E-state index in [0.717, 1.165) is 23.1 Å². The van der Waals surface area contributed by atoms with Crippen LogP contribution in [-0.4, -0.2) is 22.1 Å². The van der Waals surface area contributed by atoms with Crippen LogP contribution in [0.3, 0.4) is 0 Å². The Hall–Kier alpha value is -1.20. The van der Waals surface area contributed by atoms with Crippen LogP contribution >= 0.6 is 11.3 Å². The van der Waals surface area contributed by atoms with Crippen molar-refractivity contribution in [1.29, 1.82) is 0 Å². The molecule has 0 atom stereocenters. The molecule has 0 spiro atoms. The summed E-state index contributed by atoms with van der Waals surface area (Å²) >= 11 is 1.58. The molecule has 0 fully saturated rings. The fourth-order valence-corrected chi connectivity index (χ4v) is 2.27. The predicted octanol–water partition coefficient (Wildman–Crippen LogP) is 2.59. The Morgan fingerprint density at radius 2 is 2.12 bits per heavy atom. The second-order valence-electron chi connectivity index (χ2n) is 4.18. The van der Waals surface area contributed by atoms with E-state index in [1.165, 1.54) is 6.33 Å². The molecule has 2 heterocycles. The van der Waals surface area contributed by atoms with Crippen molar-refractivity contribution in [3.63, 3.8) is 0 Å². The van der Waals surface area contributed by atoms with Crippen LogP contribution in [-0.2, 0) is 0 Å². The van der Waals surface area contributed by atoms with Gasteiger partial charge in [0.2, 0.25) is 5.88 Å². The van der Waals surface area contributed by atoms with Gasteiger partial charge in [-0.05, 0) is 24.3 Å². The summed E-state index contributed by atoms with van der Waals surface area (Å²) in [5, 5.41) is 2.95. The zero-order valence-corrected chi connectivity index (χ0v) is 11.0. The number of rotatable bonds is 5. The van der Waals surface area contributed by atoms with Gasteiger partial charge in [0.1, 0.15) is 17.8 Å². The number of hydrogen-bond donors (Lipinski definition) is 1. The summed E-state index contributed by atoms with van der Waals surface area (Å²) in [6, 6.07) is 1.98. The second-order valence-corrected chi connectivity index (χ2v) is 5.07. The molecule has 0 saturated heterocycles. The van der Waals surface area contributed by atoms with E-state index in [2.05, 4.69) is 23.8 Å². The molecule has 2 aromatic heterocycles. The molecule has 5 heteroatoms. The standard InChI is InChI=1S/C12H17N3OS/c1-3-12(13,4-2)7-16-10-9-5-6-17-11(9)15-8-14-10/h5-6,8H,3-4,7,13H2,1-2H3. The molecule has 17 heavy (non-hydrogen) atoms. The maximum Gasteiger partial charge on any atom is 0.225 e. The summed E-state index contributed by atoms with van der Waals surface area (Å²) in [6.45, 7) is 4.64. The third-order valence-corrected chi connectivity index (χ3v) is 3.95. The normalized spacial score (nSPS) is 11.9. The number of ether oxygens (including phenoxy) is 1. The average Bonchev–Trinajstić information content (AvgIpc) is 2.84. The van der Waals surface area contributed by atoms with Crippen LogP contribution in [0.2, 0.25) is 0 Å². The highest BCUT2D eigenvalue weighted by Crippen LogP contribution is 2.26. The minimum Gasteiger partial charge on any atom is -0.475 e. The largest absolute Gasteiger partial charge is 0.475 e. The maximum atomic E-state index is 6.20. The Labute approximate surface area is 105 Å². The lowest BCUT2D eigenvalue weighted by Gasteiger charge is -2.26. The van der Waals surface area contributed by atoms with Crippen molar-refractivity contribution in [3.05, 3.63) is 17.8 Å². The molecule has 2 N–H and O–H groups in total. The van der Waals surface area contributed by atoms with E-state index in [9.17, 15) is 0 Å². The van der Waals surface area contributed by atoms with Crippen molar-refractivity contribution >= 4 is 21.6 Å². The SMILES string of the molecule is CCC(N)(CC)COc1ncnc2sccc12. The first-order chi connectivity index (χ1) is 8.18. The summed E-state index contributed by atoms with van der Waals surface area (Å²) in [4.78, 5) is 9.30. The molecule has 0 aromatic carbocycles. The molecule has 0 amide bonds. The minimum atomic E-state index is -0.271. The number of nitrogens with zero attached hydrogens (tertiary/aromatic N) is 2. The van der Waals surface area contributed by atoms with Gasteiger partial charge < -0.3 is 10.5 Å². The van der Waals surface area contributed by atoms with Gasteiger partial charge in [0.05, 0.1) is 5.39 Å². The first-order valence-corrected chi connectivity index (χ1v) is 6.66. The van der Waals surface area contributed by atoms with Gasteiger partial charge in [-0.2, -0.15) is 0 Å². The second kappa shape index (κ2) is 4.98. The topological polar surface area (TPSA) is 61.0 Å². The Morgan fingerprint density at radius 3 is 2.82 bits per heavy atom. The Balaban J connectivity index is 2.16. The smallest absolute Gasteiger partial charge is 0.225 e. The van der Waals surface area contributed by atoms with E-state index >= 15 is 0 Å². The van der Waals surface area contributed by atoms with Crippen molar-refractivity contribution in [2.24, 2.45) is 5.73 Å². The molecule has 92 valence electrons. The molecular formula is C12H17N3OS. The summed E-state index contributed by atoms with van der Waals surface area (Å²) in [5.74, 6) is 0.632. The minimum absolute atomic E-state index is 0.271. The van der Waals surface area contributed by atoms with Crippen molar-refractivity contribution in [2.45, 2.75) is 32.2 Å². The van der Waals surface area contributed by atoms with E-state index in [1.807, 2.05) is 11.4 Å². The molecule has 0 aliphatic heterocycles. The van der Waals surface area contributed by atoms with Crippen molar-refractivity contribution < 1.29 is 4.74 Å². The van der Waals surface area contributed by atoms with Gasteiger partial charge >= 0.3 is 0 Å². The molecule has 0 bridgehead atoms. The lowest BCUT2D eigenvalue weighted by molar-refractivity contribution is 0.203. The van der Waals surface area contributed by atoms with Crippen LogP contribution in [0.1, 0.15) is 26.7 Å². The molecule has 2 aromatic rings. The average molecular weight is 251 g/mol. The highest BCUT2D eigenvalue weighted by atomic mass is 32.1. The highest BCUT2D eigenvalue weighted by molar-refractivity contribution is 7.16. The van der Waals surface area contributed by atoms with Crippen LogP contribution in [0.4, 0.5) is 0 Å². The van der Waals surface area contributed by atoms with Crippen molar-refractivity contribution in [3.8, 4) is 5.88 Å². The number of fused-ring (bicyclic) bond motifs is 1. The van der Waals surface area contributed by atoms with Gasteiger partial charge in [0, 0.05) is 5.54 Å². The fraction of sp³-hybridized carbons (Fsp3) is 0.500. The third kappa shape index (κ3) is 2.56. The molecule has 4 nitrogen and oxygen atoms in total. The van der Waals surface area contributed by atoms with E-state index in [-0.39, 0.29) is 5.54 Å². The number of hydrogen-bond acceptors (Lipinski definition) is 5. The maximum absolute atomic E-state index is 6.20. The van der Waals surface area contributed by atoms with Gasteiger partial charge in [-0.1, -0.05) is 13.8 Å². The fourth-order valence-electron chi connectivity index (χ4n) is 1.55. The Kier molecular flexibility index (Phi) is 3.59. The van der Waals surface area contributed by atoms with Gasteiger partial charge in [-0.25, -0.2) is 9.97 Å². The van der Waals surface area contributed by atoms with Crippen LogP contribution < -0.4 is 10.5 Å². The summed E-state index contributed by atoms with van der Waals surface area (Å²) in [7, 11) is 0. The number of aromatic nitrogens is 2. The number of thiophene rings is 1. The predicted molar refractivity (Wildman–Crippen MR) is 70.4 cm³/mol. The first-order valence-electron chi connectivity index (χ1n) is 5.78. The number of nitrogens with two attached hydrogens (primary N) is 1. The van der Waals surface area contributed by atoms with Crippen molar-refractivity contribution in [1.82, 2.24) is 9.97 Å². The van der Waals surface area contributed by atoms with E-state index < -0.39 is 0 Å². The Bertz CT molecular complexity index is 493. The van der Waals surface area contributed by atoms with Gasteiger partial charge in [-0.15, -0.1) is 11.3 Å². The molecular weight excluding hydrogens is 234 g/mol. The zero-order chi connectivity index (χ0) is 12.3. The van der Waals surface area contributed by atoms with Crippen LogP contribution in [0.25, 0.3) is 10.2 Å². The van der Waals surface area contributed by atoms with Gasteiger partial charge in [0.25, 0.3) is 0 Å². The molecule has 0 radical (unpaired) electrons. The van der Waals surface area contributed by atoms with Crippen molar-refractivity contribution in [2.75, 3.05) is 6.61 Å². The zero-order valence-electron chi connectivity index (χ0n) is 10.1. The van der Waals surface area contributed by atoms with Crippen LogP contribution in [0.15, 0.2) is 17.8 Å². The Morgan fingerprint density at radius 1 is 1.35 bits per heavy atom. The first kappa shape index (κ1) is 12.3. The van der Waals surface area contributed by atoms with Gasteiger partial charge in [-0.3, -0.25) is 0 Å². The summed E-state index contributed by atoms with van der Waals surface area (Å²) in [5.41, 5.74) is 5.93. The summed E-state index contributed by atoms with van der Waals surface area (Å²) in [6.07, 6.45) is 3.31. The molecule has 0 aliphatic carbocycles. The third-order valence-electron chi connectivity index (χ3n) is 3.13. The van der Waals surface area contributed by atoms with E-state index in [1.54, 1.807) is 11.3 Å². The van der Waals surface area contributed by atoms with E-state index in [4.69, 9.17) is 10.5 Å². The quantitative estimate of drug-likeness (QED) is 0.887. The lowest BCUT2D eigenvalue weighted by atomic mass is 9.96. The molecule has 0 saturated carbocycles. The summed E-state index contributed by atoms with van der Waals surface area (Å²) < 4.78 is 5.76. The molecule has 2 rings (SSSR count). The molecule has 0 aliphatic rings. The highest BCUT2D eigenvalue weighted by Gasteiger charge is 2.22. The van der Waals surface area contributed by atoms with Crippen LogP contribution in [0.5, 0.6) is 5.88 Å². The monoisotopic (exact) mass is 251 g/mol. The lowest BCUT2D eigenvalue weighted by Crippen LogP contribution is -2.44. The molecule has 0 unspecified atom stereocenters. The van der Waals surface area contributed by atoms with Gasteiger partial charge in [0.15, 0.2) is 0 Å². The van der Waals surface area contributed by atoms with E-state index in [0.29, 0.717) is 12.5 Å².